The van der Waals surface area contributed by atoms with E-state index in [0.29, 0.717) is 11.1 Å². The molecule has 1 aliphatic rings. The van der Waals surface area contributed by atoms with Crippen molar-refractivity contribution in [2.45, 2.75) is 54.9 Å². The maximum absolute atomic E-state index is 13.5. The summed E-state index contributed by atoms with van der Waals surface area (Å²) in [5, 5.41) is 11.7. The van der Waals surface area contributed by atoms with E-state index in [-0.39, 0.29) is 22.4 Å². The first-order chi connectivity index (χ1) is 17.8. The molecular weight excluding hydrogens is 508 g/mol. The van der Waals surface area contributed by atoms with Gasteiger partial charge in [0.15, 0.2) is 0 Å². The third-order valence-corrected chi connectivity index (χ3v) is 9.37. The molecule has 5 rings (SSSR count). The van der Waals surface area contributed by atoms with E-state index in [0.717, 1.165) is 48.6 Å². The minimum absolute atomic E-state index is 0.0602. The summed E-state index contributed by atoms with van der Waals surface area (Å²) < 4.78 is 29.8. The van der Waals surface area contributed by atoms with Crippen molar-refractivity contribution in [3.63, 3.8) is 0 Å². The Labute approximate surface area is 221 Å². The van der Waals surface area contributed by atoms with Gasteiger partial charge >= 0.3 is 5.97 Å². The van der Waals surface area contributed by atoms with Gasteiger partial charge in [0.2, 0.25) is 10.0 Å². The minimum Gasteiger partial charge on any atom is -0.480 e. The van der Waals surface area contributed by atoms with Crippen molar-refractivity contribution in [2.75, 3.05) is 0 Å². The number of carboxylic acids is 1. The van der Waals surface area contributed by atoms with E-state index in [4.69, 9.17) is 11.6 Å². The van der Waals surface area contributed by atoms with E-state index in [2.05, 4.69) is 9.71 Å². The topological polar surface area (TPSA) is 99.3 Å². The van der Waals surface area contributed by atoms with Crippen LogP contribution in [-0.4, -0.2) is 30.5 Å². The Morgan fingerprint density at radius 3 is 2.43 bits per heavy atom. The van der Waals surface area contributed by atoms with Gasteiger partial charge in [-0.25, -0.2) is 13.1 Å². The predicted molar refractivity (Wildman–Crippen MR) is 146 cm³/mol. The van der Waals surface area contributed by atoms with Crippen LogP contribution in [0, 0.1) is 0 Å². The highest BCUT2D eigenvalue weighted by Crippen LogP contribution is 2.42. The number of aromatic nitrogens is 1. The zero-order chi connectivity index (χ0) is 26.0. The van der Waals surface area contributed by atoms with Crippen LogP contribution in [0.3, 0.4) is 0 Å². The first-order valence-electron chi connectivity index (χ1n) is 12.5. The second-order valence-corrected chi connectivity index (χ2v) is 11.8. The van der Waals surface area contributed by atoms with Crippen LogP contribution in [-0.2, 0) is 26.7 Å². The number of nitrogens with one attached hydrogen (secondary N) is 2. The molecule has 0 radical (unpaired) electrons. The second-order valence-electron chi connectivity index (χ2n) is 9.72. The number of para-hydroxylation sites is 1. The van der Waals surface area contributed by atoms with Crippen molar-refractivity contribution in [1.82, 2.24) is 9.71 Å². The van der Waals surface area contributed by atoms with Crippen LogP contribution in [0.2, 0.25) is 5.02 Å². The predicted octanol–water partition coefficient (Wildman–Crippen LogP) is 6.05. The summed E-state index contributed by atoms with van der Waals surface area (Å²) in [5.41, 5.74) is 0.958. The zero-order valence-corrected chi connectivity index (χ0v) is 21.9. The molecule has 0 amide bonds. The number of fused-ring (bicyclic) bond motifs is 1. The molecule has 0 spiro atoms. The fraction of sp³-hybridized carbons (Fsp3) is 0.276. The van der Waals surface area contributed by atoms with Gasteiger partial charge in [-0.05, 0) is 54.2 Å². The first kappa shape index (κ1) is 25.5. The van der Waals surface area contributed by atoms with Gasteiger partial charge in [-0.2, -0.15) is 0 Å². The van der Waals surface area contributed by atoms with Crippen LogP contribution in [0.4, 0.5) is 0 Å². The molecule has 1 fully saturated rings. The fourth-order valence-corrected chi connectivity index (χ4v) is 7.30. The summed E-state index contributed by atoms with van der Waals surface area (Å²) in [5.74, 6) is -1.08. The number of H-pyrrole nitrogens is 1. The average Bonchev–Trinajstić information content (AvgIpc) is 3.33. The third-order valence-electron chi connectivity index (χ3n) is 7.37. The zero-order valence-electron chi connectivity index (χ0n) is 20.3. The molecule has 3 aromatic carbocycles. The molecule has 1 atom stereocenters. The largest absolute Gasteiger partial charge is 0.480 e. The molecule has 1 heterocycles. The summed E-state index contributed by atoms with van der Waals surface area (Å²) >= 11 is 6.44. The molecule has 1 aliphatic carbocycles. The lowest BCUT2D eigenvalue weighted by Crippen LogP contribution is -2.40. The lowest BCUT2D eigenvalue weighted by atomic mass is 9.70. The summed E-state index contributed by atoms with van der Waals surface area (Å²) in [6.45, 7) is 0. The van der Waals surface area contributed by atoms with Crippen molar-refractivity contribution < 1.29 is 18.3 Å². The Kier molecular flexibility index (Phi) is 7.12. The van der Waals surface area contributed by atoms with Gasteiger partial charge in [0.05, 0.1) is 5.02 Å². The number of benzene rings is 3. The number of hydrogen-bond acceptors (Lipinski definition) is 3. The number of sulfonamides is 1. The van der Waals surface area contributed by atoms with Gasteiger partial charge in [0, 0.05) is 23.1 Å². The SMILES string of the molecule is O=C(O)C(Cc1ccccc1)(c1ccc(Cl)c(S(=O)(=O)NC2CCCCC2)c1)c1c[nH]c2ccccc12. The number of rotatable bonds is 8. The maximum atomic E-state index is 13.5. The van der Waals surface area contributed by atoms with Crippen molar-refractivity contribution in [2.24, 2.45) is 0 Å². The lowest BCUT2D eigenvalue weighted by Gasteiger charge is -2.31. The van der Waals surface area contributed by atoms with Crippen LogP contribution >= 0.6 is 11.6 Å². The van der Waals surface area contributed by atoms with Crippen LogP contribution in [0.5, 0.6) is 0 Å². The number of aliphatic carboxylic acids is 1. The molecule has 6 nitrogen and oxygen atoms in total. The number of hydrogen-bond donors (Lipinski definition) is 3. The van der Waals surface area contributed by atoms with Crippen molar-refractivity contribution in [3.8, 4) is 0 Å². The second kappa shape index (κ2) is 10.3. The van der Waals surface area contributed by atoms with E-state index in [1.807, 2.05) is 54.6 Å². The Hall–Kier alpha value is -3.13. The highest BCUT2D eigenvalue weighted by Gasteiger charge is 2.45. The highest BCUT2D eigenvalue weighted by molar-refractivity contribution is 7.89. The van der Waals surface area contributed by atoms with Crippen LogP contribution in [0.25, 0.3) is 10.9 Å². The highest BCUT2D eigenvalue weighted by atomic mass is 35.5. The molecule has 0 saturated heterocycles. The van der Waals surface area contributed by atoms with E-state index in [9.17, 15) is 18.3 Å². The van der Waals surface area contributed by atoms with Gasteiger partial charge in [-0.15, -0.1) is 0 Å². The first-order valence-corrected chi connectivity index (χ1v) is 14.3. The van der Waals surface area contributed by atoms with Gasteiger partial charge in [-0.3, -0.25) is 4.79 Å². The molecule has 0 bridgehead atoms. The monoisotopic (exact) mass is 536 g/mol. The molecule has 3 N–H and O–H groups in total. The van der Waals surface area contributed by atoms with Gasteiger partial charge in [-0.1, -0.05) is 85.5 Å². The van der Waals surface area contributed by atoms with Crippen LogP contribution in [0.1, 0.15) is 48.8 Å². The quantitative estimate of drug-likeness (QED) is 0.255. The van der Waals surface area contributed by atoms with E-state index in [1.165, 1.54) is 12.1 Å². The summed E-state index contributed by atoms with van der Waals surface area (Å²) in [4.78, 5) is 16.4. The molecule has 1 unspecified atom stereocenters. The number of halogens is 1. The van der Waals surface area contributed by atoms with E-state index >= 15 is 0 Å². The number of aromatic amines is 1. The fourth-order valence-electron chi connectivity index (χ4n) is 5.47. The number of carbonyl (C=O) groups is 1. The smallest absolute Gasteiger partial charge is 0.319 e. The molecule has 0 aliphatic heterocycles. The Morgan fingerprint density at radius 1 is 1.00 bits per heavy atom. The molecule has 37 heavy (non-hydrogen) atoms. The summed E-state index contributed by atoms with van der Waals surface area (Å²) in [6.07, 6.45) is 6.44. The summed E-state index contributed by atoms with van der Waals surface area (Å²) in [7, 11) is -3.97. The average molecular weight is 537 g/mol. The molecule has 8 heteroatoms. The molecule has 1 saturated carbocycles. The minimum atomic E-state index is -3.97. The van der Waals surface area contributed by atoms with Crippen LogP contribution < -0.4 is 4.72 Å². The van der Waals surface area contributed by atoms with E-state index in [1.54, 1.807) is 12.3 Å². The molecule has 4 aromatic rings. The normalized spacial score (nSPS) is 16.5. The Balaban J connectivity index is 1.69. The molecule has 192 valence electrons. The lowest BCUT2D eigenvalue weighted by molar-refractivity contribution is -0.142. The van der Waals surface area contributed by atoms with Gasteiger partial charge < -0.3 is 10.1 Å². The van der Waals surface area contributed by atoms with Crippen LogP contribution in [0.15, 0.2) is 83.9 Å². The Morgan fingerprint density at radius 2 is 1.70 bits per heavy atom. The van der Waals surface area contributed by atoms with Crippen molar-refractivity contribution in [1.29, 1.82) is 0 Å². The van der Waals surface area contributed by atoms with Crippen molar-refractivity contribution in [3.05, 3.63) is 101 Å². The van der Waals surface area contributed by atoms with Crippen molar-refractivity contribution >= 4 is 38.5 Å². The van der Waals surface area contributed by atoms with Gasteiger partial charge in [0.1, 0.15) is 10.3 Å². The Bertz CT molecular complexity index is 1530. The van der Waals surface area contributed by atoms with E-state index < -0.39 is 21.4 Å². The maximum Gasteiger partial charge on any atom is 0.319 e. The van der Waals surface area contributed by atoms with Gasteiger partial charge in [0.25, 0.3) is 0 Å². The summed E-state index contributed by atoms with van der Waals surface area (Å²) in [6, 6.07) is 21.3. The molecular formula is C29H29ClN2O4S. The standard InChI is InChI=1S/C29H29ClN2O4S/c30-25-16-15-21(17-27(25)37(35,36)32-22-11-5-2-6-12-22)29(28(33)34,18-20-9-3-1-4-10-20)24-19-31-26-14-8-7-13-23(24)26/h1,3-4,7-10,13-17,19,22,31-32H,2,5-6,11-12,18H2,(H,33,34). The third kappa shape index (κ3) is 4.91. The number of carboxylic acid groups (broad SMARTS) is 1. The molecule has 1 aromatic heterocycles.